The van der Waals surface area contributed by atoms with Gasteiger partial charge in [-0.25, -0.2) is 0 Å². The summed E-state index contributed by atoms with van der Waals surface area (Å²) in [5, 5.41) is 0. The van der Waals surface area contributed by atoms with Gasteiger partial charge in [0.25, 0.3) is 10.1 Å². The van der Waals surface area contributed by atoms with E-state index in [-0.39, 0.29) is 11.5 Å². The number of rotatable bonds is 5. The number of hydrogen-bond donors (Lipinski definition) is 0. The highest BCUT2D eigenvalue weighted by atomic mass is 32.2. The molecule has 6 heteroatoms. The van der Waals surface area contributed by atoms with E-state index in [1.807, 2.05) is 6.92 Å². The highest BCUT2D eigenvalue weighted by Crippen LogP contribution is 2.14. The quantitative estimate of drug-likeness (QED) is 0.600. The summed E-state index contributed by atoms with van der Waals surface area (Å²) in [5.41, 5.74) is 0.955. The number of ether oxygens (including phenoxy) is 1. The third-order valence-electron chi connectivity index (χ3n) is 2.39. The van der Waals surface area contributed by atoms with Crippen molar-refractivity contribution >= 4 is 16.1 Å². The second kappa shape index (κ2) is 5.97. The molecule has 0 heterocycles. The van der Waals surface area contributed by atoms with Crippen LogP contribution in [0.25, 0.3) is 0 Å². The normalized spacial score (nSPS) is 13.1. The van der Waals surface area contributed by atoms with Crippen LogP contribution in [-0.4, -0.2) is 28.1 Å². The molecule has 0 amide bonds. The van der Waals surface area contributed by atoms with Crippen LogP contribution < -0.4 is 0 Å². The van der Waals surface area contributed by atoms with E-state index < -0.39 is 22.0 Å². The van der Waals surface area contributed by atoms with Crippen LogP contribution in [0.2, 0.25) is 0 Å². The van der Waals surface area contributed by atoms with Gasteiger partial charge in [0.2, 0.25) is 0 Å². The van der Waals surface area contributed by atoms with Crippen LogP contribution in [0.15, 0.2) is 29.2 Å². The fourth-order valence-corrected chi connectivity index (χ4v) is 2.22. The summed E-state index contributed by atoms with van der Waals surface area (Å²) in [6.07, 6.45) is 0. The summed E-state index contributed by atoms with van der Waals surface area (Å²) in [6, 6.07) is 6.29. The van der Waals surface area contributed by atoms with E-state index in [0.29, 0.717) is 0 Å². The first-order chi connectivity index (χ1) is 8.36. The zero-order chi connectivity index (χ0) is 13.8. The molecule has 18 heavy (non-hydrogen) atoms. The van der Waals surface area contributed by atoms with Crippen molar-refractivity contribution in [2.75, 3.05) is 13.7 Å². The number of methoxy groups -OCH3 is 1. The lowest BCUT2D eigenvalue weighted by Gasteiger charge is -2.10. The maximum atomic E-state index is 11.8. The predicted molar refractivity (Wildman–Crippen MR) is 65.5 cm³/mol. The van der Waals surface area contributed by atoms with Gasteiger partial charge in [0.05, 0.1) is 24.5 Å². The molecule has 100 valence electrons. The minimum absolute atomic E-state index is 0.0742. The molecule has 0 N–H and O–H groups in total. The standard InChI is InChI=1S/C12H16O5S/c1-9-4-6-11(7-5-9)18(14,15)17-8-10(2)12(13)16-3/h4-7,10H,8H2,1-3H3. The highest BCUT2D eigenvalue weighted by Gasteiger charge is 2.20. The fraction of sp³-hybridized carbons (Fsp3) is 0.417. The summed E-state index contributed by atoms with van der Waals surface area (Å²) >= 11 is 0. The van der Waals surface area contributed by atoms with Crippen molar-refractivity contribution < 1.29 is 22.1 Å². The lowest BCUT2D eigenvalue weighted by atomic mass is 10.2. The molecule has 1 aromatic carbocycles. The van der Waals surface area contributed by atoms with E-state index in [2.05, 4.69) is 4.74 Å². The monoisotopic (exact) mass is 272 g/mol. The molecule has 5 nitrogen and oxygen atoms in total. The fourth-order valence-electron chi connectivity index (χ4n) is 1.23. The molecule has 0 bridgehead atoms. The van der Waals surface area contributed by atoms with Crippen LogP contribution in [0.3, 0.4) is 0 Å². The van der Waals surface area contributed by atoms with Gasteiger partial charge in [-0.2, -0.15) is 8.42 Å². The summed E-state index contributed by atoms with van der Waals surface area (Å²) in [6.45, 7) is 3.16. The van der Waals surface area contributed by atoms with Crippen molar-refractivity contribution in [3.8, 4) is 0 Å². The largest absolute Gasteiger partial charge is 0.469 e. The third kappa shape index (κ3) is 3.82. The molecular formula is C12H16O5S. The molecule has 0 aromatic heterocycles. The molecule has 0 fully saturated rings. The van der Waals surface area contributed by atoms with Crippen molar-refractivity contribution in [3.05, 3.63) is 29.8 Å². The third-order valence-corrected chi connectivity index (χ3v) is 3.68. The molecule has 0 spiro atoms. The molecule has 0 aliphatic carbocycles. The van der Waals surface area contributed by atoms with Crippen LogP contribution in [-0.2, 0) is 23.8 Å². The number of carbonyl (C=O) groups excluding carboxylic acids is 1. The maximum absolute atomic E-state index is 11.8. The van der Waals surface area contributed by atoms with Crippen molar-refractivity contribution in [2.45, 2.75) is 18.7 Å². The Morgan fingerprint density at radius 3 is 2.33 bits per heavy atom. The van der Waals surface area contributed by atoms with Gasteiger partial charge in [-0.05, 0) is 26.0 Å². The predicted octanol–water partition coefficient (Wildman–Crippen LogP) is 1.51. The molecule has 0 radical (unpaired) electrons. The number of hydrogen-bond acceptors (Lipinski definition) is 5. The topological polar surface area (TPSA) is 69.7 Å². The minimum Gasteiger partial charge on any atom is -0.469 e. The minimum atomic E-state index is -3.82. The zero-order valence-corrected chi connectivity index (χ0v) is 11.4. The van der Waals surface area contributed by atoms with Crippen molar-refractivity contribution in [1.29, 1.82) is 0 Å². The lowest BCUT2D eigenvalue weighted by Crippen LogP contribution is -2.20. The van der Waals surface area contributed by atoms with Crippen molar-refractivity contribution in [3.63, 3.8) is 0 Å². The maximum Gasteiger partial charge on any atom is 0.310 e. The van der Waals surface area contributed by atoms with E-state index in [4.69, 9.17) is 4.18 Å². The first-order valence-corrected chi connectivity index (χ1v) is 6.81. The average molecular weight is 272 g/mol. The van der Waals surface area contributed by atoms with Gasteiger partial charge in [0.15, 0.2) is 0 Å². The summed E-state index contributed by atoms with van der Waals surface area (Å²) in [4.78, 5) is 11.2. The Kier molecular flexibility index (Phi) is 4.86. The van der Waals surface area contributed by atoms with Crippen LogP contribution in [0.1, 0.15) is 12.5 Å². The summed E-state index contributed by atoms with van der Waals surface area (Å²) < 4.78 is 32.9. The number of aryl methyl sites for hydroxylation is 1. The van der Waals surface area contributed by atoms with Gasteiger partial charge >= 0.3 is 5.97 Å². The molecular weight excluding hydrogens is 256 g/mol. The van der Waals surface area contributed by atoms with Crippen LogP contribution in [0.4, 0.5) is 0 Å². The van der Waals surface area contributed by atoms with E-state index >= 15 is 0 Å². The van der Waals surface area contributed by atoms with Crippen LogP contribution in [0.5, 0.6) is 0 Å². The van der Waals surface area contributed by atoms with E-state index in [9.17, 15) is 13.2 Å². The summed E-state index contributed by atoms with van der Waals surface area (Å²) in [5.74, 6) is -1.13. The molecule has 0 aliphatic heterocycles. The summed E-state index contributed by atoms with van der Waals surface area (Å²) in [7, 11) is -2.58. The average Bonchev–Trinajstić information content (AvgIpc) is 2.35. The molecule has 0 saturated carbocycles. The van der Waals surface area contributed by atoms with E-state index in [1.165, 1.54) is 26.2 Å². The second-order valence-corrected chi connectivity index (χ2v) is 5.59. The Morgan fingerprint density at radius 2 is 1.83 bits per heavy atom. The first-order valence-electron chi connectivity index (χ1n) is 5.40. The molecule has 0 aliphatic rings. The van der Waals surface area contributed by atoms with E-state index in [0.717, 1.165) is 5.56 Å². The molecule has 1 atom stereocenters. The molecule has 0 saturated heterocycles. The Labute approximate surface area is 107 Å². The van der Waals surface area contributed by atoms with Gasteiger partial charge in [0.1, 0.15) is 0 Å². The van der Waals surface area contributed by atoms with Gasteiger partial charge in [0, 0.05) is 0 Å². The lowest BCUT2D eigenvalue weighted by molar-refractivity contribution is -0.145. The van der Waals surface area contributed by atoms with Gasteiger partial charge < -0.3 is 4.74 Å². The number of carbonyl (C=O) groups is 1. The Morgan fingerprint density at radius 1 is 1.28 bits per heavy atom. The van der Waals surface area contributed by atoms with E-state index in [1.54, 1.807) is 12.1 Å². The van der Waals surface area contributed by atoms with Crippen LogP contribution >= 0.6 is 0 Å². The highest BCUT2D eigenvalue weighted by molar-refractivity contribution is 7.86. The Bertz CT molecular complexity index is 504. The van der Waals surface area contributed by atoms with Gasteiger partial charge in [-0.1, -0.05) is 17.7 Å². The van der Waals surface area contributed by atoms with Gasteiger partial charge in [-0.15, -0.1) is 0 Å². The molecule has 1 unspecified atom stereocenters. The first kappa shape index (κ1) is 14.7. The van der Waals surface area contributed by atoms with Crippen molar-refractivity contribution in [1.82, 2.24) is 0 Å². The number of benzene rings is 1. The molecule has 1 rings (SSSR count). The van der Waals surface area contributed by atoms with Crippen LogP contribution in [0, 0.1) is 12.8 Å². The van der Waals surface area contributed by atoms with Gasteiger partial charge in [-0.3, -0.25) is 8.98 Å². The SMILES string of the molecule is COC(=O)C(C)COS(=O)(=O)c1ccc(C)cc1. The smallest absolute Gasteiger partial charge is 0.310 e. The molecule has 1 aromatic rings. The van der Waals surface area contributed by atoms with Crippen molar-refractivity contribution in [2.24, 2.45) is 5.92 Å². The zero-order valence-electron chi connectivity index (χ0n) is 10.5. The Balaban J connectivity index is 2.71. The number of esters is 1. The second-order valence-electron chi connectivity index (χ2n) is 3.98. The Hall–Kier alpha value is -1.40.